The lowest BCUT2D eigenvalue weighted by molar-refractivity contribution is 0.0774. The molecule has 0 aromatic carbocycles. The molecule has 1 rings (SSSR count). The highest BCUT2D eigenvalue weighted by Gasteiger charge is 2.19. The van der Waals surface area contributed by atoms with Crippen LogP contribution in [0.2, 0.25) is 0 Å². The number of oxime groups is 1. The summed E-state index contributed by atoms with van der Waals surface area (Å²) < 4.78 is 1.65. The number of hydrogen-bond donors (Lipinski definition) is 2. The summed E-state index contributed by atoms with van der Waals surface area (Å²) in [4.78, 5) is 13.8. The van der Waals surface area contributed by atoms with E-state index in [1.54, 1.807) is 10.7 Å². The van der Waals surface area contributed by atoms with E-state index in [4.69, 9.17) is 10.9 Å². The van der Waals surface area contributed by atoms with Gasteiger partial charge in [-0.25, -0.2) is 0 Å². The summed E-state index contributed by atoms with van der Waals surface area (Å²) in [5, 5.41) is 15.6. The Labute approximate surface area is 106 Å². The molecule has 0 bridgehead atoms. The van der Waals surface area contributed by atoms with Crippen molar-refractivity contribution in [3.8, 4) is 0 Å². The van der Waals surface area contributed by atoms with Crippen molar-refractivity contribution in [2.24, 2.45) is 10.9 Å². The molecule has 1 amide bonds. The number of carbonyl (C=O) groups is 1. The van der Waals surface area contributed by atoms with Gasteiger partial charge in [-0.3, -0.25) is 9.48 Å². The van der Waals surface area contributed by atoms with E-state index in [1.807, 2.05) is 20.8 Å². The third-order valence-corrected chi connectivity index (χ3v) is 2.57. The van der Waals surface area contributed by atoms with Gasteiger partial charge in [-0.1, -0.05) is 5.16 Å². The van der Waals surface area contributed by atoms with Crippen LogP contribution in [-0.2, 0) is 6.54 Å². The van der Waals surface area contributed by atoms with Gasteiger partial charge in [-0.15, -0.1) is 0 Å². The van der Waals surface area contributed by atoms with Gasteiger partial charge in [0.2, 0.25) is 0 Å². The summed E-state index contributed by atoms with van der Waals surface area (Å²) >= 11 is 0. The Bertz CT molecular complexity index is 452. The van der Waals surface area contributed by atoms with Gasteiger partial charge in [-0.2, -0.15) is 5.10 Å². The SMILES string of the molecule is CCN(CC(N)=NO)C(=O)c1cc(C)nn1CC. The van der Waals surface area contributed by atoms with Crippen molar-refractivity contribution >= 4 is 11.7 Å². The van der Waals surface area contributed by atoms with E-state index in [0.717, 1.165) is 5.69 Å². The van der Waals surface area contributed by atoms with Crippen molar-refractivity contribution in [1.29, 1.82) is 0 Å². The minimum atomic E-state index is -0.174. The Balaban J connectivity index is 2.96. The van der Waals surface area contributed by atoms with Gasteiger partial charge in [0.15, 0.2) is 5.84 Å². The first kappa shape index (κ1) is 14.0. The molecule has 0 saturated heterocycles. The Morgan fingerprint density at radius 3 is 2.78 bits per heavy atom. The molecule has 7 nitrogen and oxygen atoms in total. The van der Waals surface area contributed by atoms with Crippen LogP contribution in [0.3, 0.4) is 0 Å². The molecular weight excluding hydrogens is 234 g/mol. The van der Waals surface area contributed by atoms with E-state index in [1.165, 1.54) is 4.90 Å². The summed E-state index contributed by atoms with van der Waals surface area (Å²) in [6, 6.07) is 1.74. The molecule has 0 radical (unpaired) electrons. The van der Waals surface area contributed by atoms with E-state index in [2.05, 4.69) is 10.3 Å². The predicted molar refractivity (Wildman–Crippen MR) is 67.6 cm³/mol. The van der Waals surface area contributed by atoms with Crippen molar-refractivity contribution in [1.82, 2.24) is 14.7 Å². The number of nitrogens with zero attached hydrogens (tertiary/aromatic N) is 4. The van der Waals surface area contributed by atoms with Crippen LogP contribution in [0.4, 0.5) is 0 Å². The normalized spacial score (nSPS) is 11.6. The van der Waals surface area contributed by atoms with E-state index in [-0.39, 0.29) is 18.3 Å². The molecule has 0 spiro atoms. The zero-order valence-electron chi connectivity index (χ0n) is 10.9. The standard InChI is InChI=1S/C11H19N5O2/c1-4-15(7-10(12)14-18)11(17)9-6-8(3)13-16(9)5-2/h6,18H,4-5,7H2,1-3H3,(H2,12,14). The molecule has 0 aliphatic carbocycles. The van der Waals surface area contributed by atoms with Crippen LogP contribution in [0.1, 0.15) is 30.0 Å². The monoisotopic (exact) mass is 253 g/mol. The fourth-order valence-electron chi connectivity index (χ4n) is 1.68. The van der Waals surface area contributed by atoms with Gasteiger partial charge in [0.1, 0.15) is 5.69 Å². The molecule has 18 heavy (non-hydrogen) atoms. The van der Waals surface area contributed by atoms with Crippen LogP contribution in [0.15, 0.2) is 11.2 Å². The number of amides is 1. The first-order chi connectivity index (χ1) is 8.53. The van der Waals surface area contributed by atoms with Gasteiger partial charge in [0, 0.05) is 13.1 Å². The molecule has 7 heteroatoms. The molecular formula is C11H19N5O2. The number of aromatic nitrogens is 2. The number of amidine groups is 1. The molecule has 0 aliphatic heterocycles. The molecule has 1 aromatic rings. The predicted octanol–water partition coefficient (Wildman–Crippen LogP) is 0.420. The number of hydrogen-bond acceptors (Lipinski definition) is 4. The first-order valence-corrected chi connectivity index (χ1v) is 5.83. The molecule has 0 atom stereocenters. The van der Waals surface area contributed by atoms with Crippen molar-refractivity contribution in [2.75, 3.05) is 13.1 Å². The highest BCUT2D eigenvalue weighted by Crippen LogP contribution is 2.08. The average Bonchev–Trinajstić information content (AvgIpc) is 2.75. The Morgan fingerprint density at radius 1 is 1.61 bits per heavy atom. The Morgan fingerprint density at radius 2 is 2.28 bits per heavy atom. The van der Waals surface area contributed by atoms with Crippen LogP contribution in [0.5, 0.6) is 0 Å². The highest BCUT2D eigenvalue weighted by atomic mass is 16.4. The zero-order chi connectivity index (χ0) is 13.7. The lowest BCUT2D eigenvalue weighted by atomic mass is 10.3. The second-order valence-electron chi connectivity index (χ2n) is 3.90. The Hall–Kier alpha value is -2.05. The van der Waals surface area contributed by atoms with Crippen LogP contribution < -0.4 is 5.73 Å². The minimum absolute atomic E-state index is 0.00415. The van der Waals surface area contributed by atoms with Crippen LogP contribution in [0, 0.1) is 6.92 Å². The summed E-state index contributed by atoms with van der Waals surface area (Å²) in [6.07, 6.45) is 0. The minimum Gasteiger partial charge on any atom is -0.409 e. The first-order valence-electron chi connectivity index (χ1n) is 5.83. The maximum absolute atomic E-state index is 12.3. The second-order valence-corrected chi connectivity index (χ2v) is 3.90. The fraction of sp³-hybridized carbons (Fsp3) is 0.545. The average molecular weight is 253 g/mol. The van der Waals surface area contributed by atoms with Gasteiger partial charge < -0.3 is 15.8 Å². The largest absolute Gasteiger partial charge is 0.409 e. The summed E-state index contributed by atoms with van der Waals surface area (Å²) in [5.74, 6) is -0.170. The number of nitrogens with two attached hydrogens (primary N) is 1. The van der Waals surface area contributed by atoms with Gasteiger partial charge >= 0.3 is 0 Å². The van der Waals surface area contributed by atoms with Gasteiger partial charge in [-0.05, 0) is 26.8 Å². The molecule has 0 fully saturated rings. The highest BCUT2D eigenvalue weighted by molar-refractivity contribution is 5.95. The summed E-state index contributed by atoms with van der Waals surface area (Å²) in [6.45, 7) is 6.78. The number of carbonyl (C=O) groups excluding carboxylic acids is 1. The maximum Gasteiger partial charge on any atom is 0.272 e. The third kappa shape index (κ3) is 2.99. The Kier molecular flexibility index (Phi) is 4.70. The number of rotatable bonds is 5. The summed E-state index contributed by atoms with van der Waals surface area (Å²) in [7, 11) is 0. The van der Waals surface area contributed by atoms with E-state index < -0.39 is 0 Å². The van der Waals surface area contributed by atoms with Crippen molar-refractivity contribution < 1.29 is 10.0 Å². The zero-order valence-corrected chi connectivity index (χ0v) is 10.9. The number of aryl methyl sites for hydroxylation is 2. The maximum atomic E-state index is 12.3. The van der Waals surface area contributed by atoms with Crippen LogP contribution in [0.25, 0.3) is 0 Å². The van der Waals surface area contributed by atoms with Crippen molar-refractivity contribution in [3.05, 3.63) is 17.5 Å². The van der Waals surface area contributed by atoms with E-state index >= 15 is 0 Å². The number of likely N-dealkylation sites (N-methyl/N-ethyl adjacent to an activating group) is 1. The van der Waals surface area contributed by atoms with Crippen molar-refractivity contribution in [3.63, 3.8) is 0 Å². The summed E-state index contributed by atoms with van der Waals surface area (Å²) in [5.41, 5.74) is 6.73. The molecule has 3 N–H and O–H groups in total. The quantitative estimate of drug-likeness (QED) is 0.344. The molecule has 0 saturated carbocycles. The van der Waals surface area contributed by atoms with Crippen LogP contribution in [-0.4, -0.2) is 44.7 Å². The molecule has 0 unspecified atom stereocenters. The van der Waals surface area contributed by atoms with E-state index in [0.29, 0.717) is 18.8 Å². The van der Waals surface area contributed by atoms with E-state index in [9.17, 15) is 4.79 Å². The van der Waals surface area contributed by atoms with Gasteiger partial charge in [0.25, 0.3) is 5.91 Å². The third-order valence-electron chi connectivity index (χ3n) is 2.57. The molecule has 1 heterocycles. The van der Waals surface area contributed by atoms with Crippen LogP contribution >= 0.6 is 0 Å². The smallest absolute Gasteiger partial charge is 0.272 e. The van der Waals surface area contributed by atoms with Crippen molar-refractivity contribution in [2.45, 2.75) is 27.3 Å². The molecule has 1 aromatic heterocycles. The lowest BCUT2D eigenvalue weighted by Crippen LogP contribution is -2.39. The lowest BCUT2D eigenvalue weighted by Gasteiger charge is -2.20. The topological polar surface area (TPSA) is 96.7 Å². The molecule has 100 valence electrons. The second kappa shape index (κ2) is 6.04. The van der Waals surface area contributed by atoms with Gasteiger partial charge in [0.05, 0.1) is 12.2 Å². The molecule has 0 aliphatic rings. The fourth-order valence-corrected chi connectivity index (χ4v) is 1.68.